The van der Waals surface area contributed by atoms with Gasteiger partial charge in [-0.15, -0.1) is 0 Å². The van der Waals surface area contributed by atoms with E-state index < -0.39 is 11.8 Å². The molecule has 7 heteroatoms. The molecule has 1 aromatic heterocycles. The third-order valence-electron chi connectivity index (χ3n) is 3.99. The molecule has 28 heavy (non-hydrogen) atoms. The van der Waals surface area contributed by atoms with Crippen molar-refractivity contribution in [2.45, 2.75) is 0 Å². The van der Waals surface area contributed by atoms with E-state index in [0.717, 1.165) is 0 Å². The van der Waals surface area contributed by atoms with E-state index in [-0.39, 0.29) is 12.5 Å². The number of benzene rings is 2. The number of rotatable bonds is 5. The van der Waals surface area contributed by atoms with Crippen molar-refractivity contribution < 1.29 is 23.5 Å². The number of furan rings is 1. The van der Waals surface area contributed by atoms with Gasteiger partial charge in [-0.05, 0) is 36.4 Å². The molecule has 2 amide bonds. The first-order valence-corrected chi connectivity index (χ1v) is 8.52. The summed E-state index contributed by atoms with van der Waals surface area (Å²) in [5, 5.41) is 5.38. The summed E-state index contributed by atoms with van der Waals surface area (Å²) in [6.07, 6.45) is 2.95. The van der Waals surface area contributed by atoms with Crippen LogP contribution in [0.4, 0.5) is 5.69 Å². The Balaban J connectivity index is 1.56. The van der Waals surface area contributed by atoms with E-state index in [1.165, 1.54) is 12.3 Å². The van der Waals surface area contributed by atoms with Crippen LogP contribution in [0.2, 0.25) is 0 Å². The Labute approximate surface area is 160 Å². The highest BCUT2D eigenvalue weighted by Crippen LogP contribution is 2.34. The summed E-state index contributed by atoms with van der Waals surface area (Å²) in [6, 6.07) is 17.1. The molecule has 0 saturated heterocycles. The van der Waals surface area contributed by atoms with Crippen molar-refractivity contribution >= 4 is 23.6 Å². The lowest BCUT2D eigenvalue weighted by Crippen LogP contribution is -2.30. The monoisotopic (exact) mass is 376 g/mol. The molecule has 1 aliphatic heterocycles. The summed E-state index contributed by atoms with van der Waals surface area (Å²) in [4.78, 5) is 25.3. The van der Waals surface area contributed by atoms with Gasteiger partial charge in [-0.1, -0.05) is 18.2 Å². The van der Waals surface area contributed by atoms with Gasteiger partial charge in [0.2, 0.25) is 6.79 Å². The Morgan fingerprint density at radius 2 is 1.75 bits per heavy atom. The second-order valence-corrected chi connectivity index (χ2v) is 5.92. The Hall–Kier alpha value is -4.00. The van der Waals surface area contributed by atoms with Crippen molar-refractivity contribution in [1.29, 1.82) is 0 Å². The van der Waals surface area contributed by atoms with E-state index >= 15 is 0 Å². The highest BCUT2D eigenvalue weighted by molar-refractivity contribution is 6.10. The van der Waals surface area contributed by atoms with Gasteiger partial charge in [-0.25, -0.2) is 0 Å². The van der Waals surface area contributed by atoms with Crippen LogP contribution in [-0.2, 0) is 4.79 Å². The largest absolute Gasteiger partial charge is 0.465 e. The van der Waals surface area contributed by atoms with Crippen LogP contribution in [0.1, 0.15) is 16.1 Å². The zero-order chi connectivity index (χ0) is 19.3. The molecular formula is C21H16N2O5. The summed E-state index contributed by atoms with van der Waals surface area (Å²) in [5.41, 5.74) is 0.985. The summed E-state index contributed by atoms with van der Waals surface area (Å²) in [5.74, 6) is 0.687. The number of anilines is 1. The van der Waals surface area contributed by atoms with E-state index in [1.54, 1.807) is 54.6 Å². The fraction of sp³-hybridized carbons (Fsp3) is 0.0476. The predicted octanol–water partition coefficient (Wildman–Crippen LogP) is 3.42. The second-order valence-electron chi connectivity index (χ2n) is 5.92. The standard InChI is InChI=1S/C21H16N2O5/c24-20(14-5-2-1-3-6-14)23-17(12-16-7-4-10-26-16)21(25)22-15-8-9-18-19(11-15)28-13-27-18/h1-12H,13H2,(H,22,25)(H,23,24). The van der Waals surface area contributed by atoms with E-state index in [4.69, 9.17) is 13.9 Å². The van der Waals surface area contributed by atoms with Crippen molar-refractivity contribution in [2.75, 3.05) is 12.1 Å². The minimum Gasteiger partial charge on any atom is -0.465 e. The molecule has 4 rings (SSSR count). The van der Waals surface area contributed by atoms with Gasteiger partial charge in [0.25, 0.3) is 11.8 Å². The van der Waals surface area contributed by atoms with Crippen molar-refractivity contribution in [3.05, 3.63) is 83.9 Å². The molecule has 0 fully saturated rings. The minimum atomic E-state index is -0.500. The molecule has 0 radical (unpaired) electrons. The molecule has 0 saturated carbocycles. The van der Waals surface area contributed by atoms with Gasteiger partial charge in [-0.2, -0.15) is 0 Å². The maximum atomic E-state index is 12.8. The Kier molecular flexibility index (Phi) is 4.79. The lowest BCUT2D eigenvalue weighted by atomic mass is 10.2. The molecule has 1 aliphatic rings. The Bertz CT molecular complexity index is 1030. The summed E-state index contributed by atoms with van der Waals surface area (Å²) in [7, 11) is 0. The van der Waals surface area contributed by atoms with Crippen LogP contribution in [0.25, 0.3) is 6.08 Å². The molecule has 2 N–H and O–H groups in total. The maximum absolute atomic E-state index is 12.8. The fourth-order valence-electron chi connectivity index (χ4n) is 2.63. The van der Waals surface area contributed by atoms with E-state index in [0.29, 0.717) is 28.5 Å². The number of hydrogen-bond acceptors (Lipinski definition) is 5. The molecule has 0 unspecified atom stereocenters. The van der Waals surface area contributed by atoms with Crippen LogP contribution in [0.3, 0.4) is 0 Å². The third-order valence-corrected chi connectivity index (χ3v) is 3.99. The number of hydrogen-bond donors (Lipinski definition) is 2. The quantitative estimate of drug-likeness (QED) is 0.666. The van der Waals surface area contributed by atoms with E-state index in [2.05, 4.69) is 10.6 Å². The smallest absolute Gasteiger partial charge is 0.272 e. The van der Waals surface area contributed by atoms with Crippen LogP contribution in [0.15, 0.2) is 77.0 Å². The van der Waals surface area contributed by atoms with Crippen LogP contribution in [0.5, 0.6) is 11.5 Å². The van der Waals surface area contributed by atoms with Gasteiger partial charge in [0.05, 0.1) is 6.26 Å². The zero-order valence-corrected chi connectivity index (χ0v) is 14.7. The summed E-state index contributed by atoms with van der Waals surface area (Å²) >= 11 is 0. The summed E-state index contributed by atoms with van der Waals surface area (Å²) in [6.45, 7) is 0.142. The van der Waals surface area contributed by atoms with Crippen LogP contribution in [-0.4, -0.2) is 18.6 Å². The third kappa shape index (κ3) is 3.88. The van der Waals surface area contributed by atoms with Gasteiger partial charge < -0.3 is 24.5 Å². The van der Waals surface area contributed by atoms with Gasteiger partial charge in [-0.3, -0.25) is 9.59 Å². The predicted molar refractivity (Wildman–Crippen MR) is 102 cm³/mol. The van der Waals surface area contributed by atoms with Gasteiger partial charge in [0, 0.05) is 23.4 Å². The zero-order valence-electron chi connectivity index (χ0n) is 14.7. The highest BCUT2D eigenvalue weighted by atomic mass is 16.7. The molecule has 2 aromatic carbocycles. The topological polar surface area (TPSA) is 89.8 Å². The van der Waals surface area contributed by atoms with Crippen molar-refractivity contribution in [3.8, 4) is 11.5 Å². The lowest BCUT2D eigenvalue weighted by molar-refractivity contribution is -0.113. The number of nitrogens with one attached hydrogen (secondary N) is 2. The second kappa shape index (κ2) is 7.71. The Morgan fingerprint density at radius 1 is 0.929 bits per heavy atom. The maximum Gasteiger partial charge on any atom is 0.272 e. The number of amides is 2. The van der Waals surface area contributed by atoms with Gasteiger partial charge >= 0.3 is 0 Å². The normalized spacial score (nSPS) is 12.5. The molecule has 140 valence electrons. The lowest BCUT2D eigenvalue weighted by Gasteiger charge is -2.11. The van der Waals surface area contributed by atoms with E-state index in [1.807, 2.05) is 6.07 Å². The van der Waals surface area contributed by atoms with Crippen molar-refractivity contribution in [3.63, 3.8) is 0 Å². The van der Waals surface area contributed by atoms with Crippen LogP contribution in [0, 0.1) is 0 Å². The van der Waals surface area contributed by atoms with Crippen molar-refractivity contribution in [1.82, 2.24) is 5.32 Å². The number of fused-ring (bicyclic) bond motifs is 1. The molecule has 0 atom stereocenters. The highest BCUT2D eigenvalue weighted by Gasteiger charge is 2.18. The molecule has 7 nitrogen and oxygen atoms in total. The average Bonchev–Trinajstić information content (AvgIpc) is 3.39. The molecule has 0 aliphatic carbocycles. The van der Waals surface area contributed by atoms with E-state index in [9.17, 15) is 9.59 Å². The first kappa shape index (κ1) is 17.4. The Morgan fingerprint density at radius 3 is 2.54 bits per heavy atom. The molecule has 3 aromatic rings. The first-order valence-electron chi connectivity index (χ1n) is 8.52. The fourth-order valence-corrected chi connectivity index (χ4v) is 2.63. The number of ether oxygens (including phenoxy) is 2. The first-order chi connectivity index (χ1) is 13.7. The summed E-state index contributed by atoms with van der Waals surface area (Å²) < 4.78 is 15.8. The van der Waals surface area contributed by atoms with Crippen molar-refractivity contribution in [2.24, 2.45) is 0 Å². The average molecular weight is 376 g/mol. The number of carbonyl (C=O) groups is 2. The van der Waals surface area contributed by atoms with Crippen LogP contribution < -0.4 is 20.1 Å². The SMILES string of the molecule is O=C(Nc1ccc2c(c1)OCO2)C(=Cc1ccco1)NC(=O)c1ccccc1. The van der Waals surface area contributed by atoms with Crippen LogP contribution >= 0.6 is 0 Å². The molecule has 0 spiro atoms. The van der Waals surface area contributed by atoms with Gasteiger partial charge in [0.15, 0.2) is 11.5 Å². The molecular weight excluding hydrogens is 360 g/mol. The molecule has 0 bridgehead atoms. The minimum absolute atomic E-state index is 0.0430. The molecule has 2 heterocycles. The number of carbonyl (C=O) groups excluding carboxylic acids is 2. The van der Waals surface area contributed by atoms with Gasteiger partial charge in [0.1, 0.15) is 11.5 Å².